The quantitative estimate of drug-likeness (QED) is 0.699. The fourth-order valence-corrected chi connectivity index (χ4v) is 2.41. The first kappa shape index (κ1) is 16.9. The van der Waals surface area contributed by atoms with E-state index in [2.05, 4.69) is 46.9 Å². The van der Waals surface area contributed by atoms with E-state index in [-0.39, 0.29) is 5.54 Å². The predicted molar refractivity (Wildman–Crippen MR) is 76.4 cm³/mol. The van der Waals surface area contributed by atoms with Crippen molar-refractivity contribution in [3.05, 3.63) is 0 Å². The van der Waals surface area contributed by atoms with Gasteiger partial charge in [0.05, 0.1) is 0 Å². The molecule has 0 bridgehead atoms. The summed E-state index contributed by atoms with van der Waals surface area (Å²) in [5.41, 5.74) is 0.613. The molecule has 0 aliphatic carbocycles. The van der Waals surface area contributed by atoms with Gasteiger partial charge in [-0.2, -0.15) is 0 Å². The summed E-state index contributed by atoms with van der Waals surface area (Å²) in [4.78, 5) is 0. The van der Waals surface area contributed by atoms with Crippen LogP contribution in [0.2, 0.25) is 0 Å². The molecule has 0 saturated heterocycles. The monoisotopic (exact) mass is 243 g/mol. The van der Waals surface area contributed by atoms with E-state index in [1.807, 2.05) is 0 Å². The van der Waals surface area contributed by atoms with Crippen LogP contribution in [0, 0.1) is 11.3 Å². The Bertz CT molecular complexity index is 192. The van der Waals surface area contributed by atoms with Crippen molar-refractivity contribution in [1.29, 1.82) is 0 Å². The average molecular weight is 243 g/mol. The summed E-state index contributed by atoms with van der Waals surface area (Å²) in [5, 5.41) is 3.68. The Morgan fingerprint density at radius 2 is 1.65 bits per heavy atom. The number of methoxy groups -OCH3 is 1. The Balaban J connectivity index is 4.53. The van der Waals surface area contributed by atoms with Crippen LogP contribution in [-0.4, -0.2) is 25.8 Å². The van der Waals surface area contributed by atoms with E-state index in [1.54, 1.807) is 7.11 Å². The van der Waals surface area contributed by atoms with E-state index in [1.165, 1.54) is 12.8 Å². The molecule has 104 valence electrons. The van der Waals surface area contributed by atoms with Gasteiger partial charge in [-0.1, -0.05) is 20.8 Å². The molecule has 1 N–H and O–H groups in total. The van der Waals surface area contributed by atoms with Crippen LogP contribution in [0.1, 0.15) is 60.8 Å². The molecule has 0 aromatic carbocycles. The number of rotatable bonds is 8. The largest absolute Gasteiger partial charge is 0.385 e. The molecule has 0 rings (SSSR count). The Labute approximate surface area is 109 Å². The minimum atomic E-state index is 0.205. The van der Waals surface area contributed by atoms with Crippen LogP contribution < -0.4 is 5.32 Å². The van der Waals surface area contributed by atoms with Crippen molar-refractivity contribution in [3.63, 3.8) is 0 Å². The van der Waals surface area contributed by atoms with Gasteiger partial charge < -0.3 is 10.1 Å². The van der Waals surface area contributed by atoms with Crippen LogP contribution in [0.5, 0.6) is 0 Å². The second-order valence-corrected chi connectivity index (χ2v) is 6.36. The number of hydrogen-bond donors (Lipinski definition) is 1. The zero-order valence-corrected chi connectivity index (χ0v) is 13.0. The van der Waals surface area contributed by atoms with Crippen LogP contribution in [0.15, 0.2) is 0 Å². The van der Waals surface area contributed by atoms with Gasteiger partial charge in [0.1, 0.15) is 0 Å². The molecule has 0 spiro atoms. The molecule has 1 atom stereocenters. The molecule has 0 saturated carbocycles. The van der Waals surface area contributed by atoms with Gasteiger partial charge in [-0.3, -0.25) is 0 Å². The molecule has 2 nitrogen and oxygen atoms in total. The third kappa shape index (κ3) is 5.87. The highest BCUT2D eigenvalue weighted by molar-refractivity contribution is 4.87. The van der Waals surface area contributed by atoms with Gasteiger partial charge in [0.15, 0.2) is 0 Å². The number of hydrogen-bond acceptors (Lipinski definition) is 2. The average Bonchev–Trinajstić information content (AvgIpc) is 2.27. The Morgan fingerprint density at radius 3 is 2.00 bits per heavy atom. The molecule has 0 aliphatic rings. The molecule has 0 amide bonds. The maximum Gasteiger partial charge on any atom is 0.0465 e. The summed E-state index contributed by atoms with van der Waals surface area (Å²) < 4.78 is 5.22. The molecule has 0 aromatic heterocycles. The SMILES string of the molecule is CCC(CC)(CNC(C)(C)C)C(C)CCOC. The van der Waals surface area contributed by atoms with Crippen LogP contribution in [0.25, 0.3) is 0 Å². The fraction of sp³-hybridized carbons (Fsp3) is 1.00. The molecule has 0 radical (unpaired) electrons. The molecular formula is C15H33NO. The second kappa shape index (κ2) is 7.38. The zero-order valence-electron chi connectivity index (χ0n) is 13.0. The van der Waals surface area contributed by atoms with Gasteiger partial charge in [-0.05, 0) is 51.4 Å². The van der Waals surface area contributed by atoms with Gasteiger partial charge in [0.25, 0.3) is 0 Å². The Morgan fingerprint density at radius 1 is 1.12 bits per heavy atom. The van der Waals surface area contributed by atoms with Crippen molar-refractivity contribution >= 4 is 0 Å². The van der Waals surface area contributed by atoms with Crippen LogP contribution in [0.4, 0.5) is 0 Å². The van der Waals surface area contributed by atoms with Crippen molar-refractivity contribution in [2.24, 2.45) is 11.3 Å². The summed E-state index contributed by atoms with van der Waals surface area (Å²) in [6.45, 7) is 15.7. The predicted octanol–water partition coefficient (Wildman–Crippen LogP) is 3.85. The van der Waals surface area contributed by atoms with E-state index in [0.717, 1.165) is 19.6 Å². The maximum atomic E-state index is 5.22. The lowest BCUT2D eigenvalue weighted by Gasteiger charge is -2.40. The standard InChI is InChI=1S/C15H33NO/c1-8-15(9-2,12-16-14(4,5)6)13(3)10-11-17-7/h13,16H,8-12H2,1-7H3. The van der Waals surface area contributed by atoms with Crippen molar-refractivity contribution in [2.75, 3.05) is 20.3 Å². The summed E-state index contributed by atoms with van der Waals surface area (Å²) >= 11 is 0. The van der Waals surface area contributed by atoms with Gasteiger partial charge in [-0.25, -0.2) is 0 Å². The van der Waals surface area contributed by atoms with Gasteiger partial charge in [-0.15, -0.1) is 0 Å². The van der Waals surface area contributed by atoms with Crippen LogP contribution in [-0.2, 0) is 4.74 Å². The van der Waals surface area contributed by atoms with Gasteiger partial charge in [0.2, 0.25) is 0 Å². The minimum absolute atomic E-state index is 0.205. The molecule has 1 unspecified atom stereocenters. The van der Waals surface area contributed by atoms with Crippen molar-refractivity contribution < 1.29 is 4.74 Å². The smallest absolute Gasteiger partial charge is 0.0465 e. The van der Waals surface area contributed by atoms with Crippen LogP contribution >= 0.6 is 0 Å². The first-order valence-electron chi connectivity index (χ1n) is 7.05. The van der Waals surface area contributed by atoms with Crippen molar-refractivity contribution in [3.8, 4) is 0 Å². The lowest BCUT2D eigenvalue weighted by molar-refractivity contribution is 0.0959. The Hall–Kier alpha value is -0.0800. The third-order valence-electron chi connectivity index (χ3n) is 4.18. The topological polar surface area (TPSA) is 21.3 Å². The first-order chi connectivity index (χ1) is 7.81. The highest BCUT2D eigenvalue weighted by Gasteiger charge is 2.33. The molecule has 0 aliphatic heterocycles. The lowest BCUT2D eigenvalue weighted by Crippen LogP contribution is -2.46. The lowest BCUT2D eigenvalue weighted by atomic mass is 9.70. The van der Waals surface area contributed by atoms with E-state index in [4.69, 9.17) is 4.74 Å². The maximum absolute atomic E-state index is 5.22. The normalized spacial score (nSPS) is 15.0. The summed E-state index contributed by atoms with van der Waals surface area (Å²) in [7, 11) is 1.79. The van der Waals surface area contributed by atoms with E-state index in [0.29, 0.717) is 11.3 Å². The van der Waals surface area contributed by atoms with Gasteiger partial charge >= 0.3 is 0 Å². The molecule has 2 heteroatoms. The van der Waals surface area contributed by atoms with E-state index < -0.39 is 0 Å². The third-order valence-corrected chi connectivity index (χ3v) is 4.18. The summed E-state index contributed by atoms with van der Waals surface area (Å²) in [6, 6.07) is 0. The number of nitrogens with one attached hydrogen (secondary N) is 1. The first-order valence-corrected chi connectivity index (χ1v) is 7.05. The molecule has 17 heavy (non-hydrogen) atoms. The van der Waals surface area contributed by atoms with Gasteiger partial charge in [0, 0.05) is 25.8 Å². The molecule has 0 heterocycles. The molecular weight excluding hydrogens is 210 g/mol. The van der Waals surface area contributed by atoms with E-state index >= 15 is 0 Å². The van der Waals surface area contributed by atoms with E-state index in [9.17, 15) is 0 Å². The number of ether oxygens (including phenoxy) is 1. The zero-order chi connectivity index (χ0) is 13.5. The molecule has 0 aromatic rings. The van der Waals surface area contributed by atoms with Crippen molar-refractivity contribution in [2.45, 2.75) is 66.3 Å². The highest BCUT2D eigenvalue weighted by Crippen LogP contribution is 2.37. The summed E-state index contributed by atoms with van der Waals surface area (Å²) in [6.07, 6.45) is 3.62. The highest BCUT2D eigenvalue weighted by atomic mass is 16.5. The van der Waals surface area contributed by atoms with Crippen molar-refractivity contribution in [1.82, 2.24) is 5.32 Å². The molecule has 0 fully saturated rings. The summed E-state index contributed by atoms with van der Waals surface area (Å²) in [5.74, 6) is 0.701. The minimum Gasteiger partial charge on any atom is -0.385 e. The Kier molecular flexibility index (Phi) is 7.34. The fourth-order valence-electron chi connectivity index (χ4n) is 2.41. The van der Waals surface area contributed by atoms with Crippen LogP contribution in [0.3, 0.4) is 0 Å². The second-order valence-electron chi connectivity index (χ2n) is 6.36.